The molecular weight excluding hydrogens is 246 g/mol. The van der Waals surface area contributed by atoms with E-state index in [0.29, 0.717) is 13.2 Å². The van der Waals surface area contributed by atoms with E-state index in [-0.39, 0.29) is 36.5 Å². The predicted octanol–water partition coefficient (Wildman–Crippen LogP) is 1.85. The Kier molecular flexibility index (Phi) is 7.68. The molecule has 1 amide bonds. The van der Waals surface area contributed by atoms with Gasteiger partial charge in [0.05, 0.1) is 12.2 Å². The number of carbonyl (C=O) groups excluding carboxylic acids is 2. The van der Waals surface area contributed by atoms with E-state index in [1.165, 1.54) is 4.90 Å². The molecule has 0 spiro atoms. The molecule has 0 radical (unpaired) electrons. The molecule has 0 aliphatic heterocycles. The van der Waals surface area contributed by atoms with Gasteiger partial charge in [-0.2, -0.15) is 0 Å². The molecule has 5 heteroatoms. The molecule has 0 aromatic rings. The summed E-state index contributed by atoms with van der Waals surface area (Å²) in [6.07, 6.45) is 0. The second-order valence-electron chi connectivity index (χ2n) is 5.87. The zero-order valence-electron chi connectivity index (χ0n) is 13.0. The van der Waals surface area contributed by atoms with Crippen LogP contribution in [-0.2, 0) is 19.1 Å². The Labute approximate surface area is 116 Å². The summed E-state index contributed by atoms with van der Waals surface area (Å²) in [5, 5.41) is 0. The van der Waals surface area contributed by atoms with Gasteiger partial charge in [0.25, 0.3) is 0 Å². The molecule has 0 atom stereocenters. The normalized spacial score (nSPS) is 11.5. The number of rotatable bonds is 7. The van der Waals surface area contributed by atoms with Gasteiger partial charge in [0.15, 0.2) is 0 Å². The lowest BCUT2D eigenvalue weighted by atomic mass is 10.2. The summed E-state index contributed by atoms with van der Waals surface area (Å²) in [4.78, 5) is 25.0. The molecular formula is C14H27NO4. The standard InChI is InChI=1S/C14H27NO4/c1-7-18-13(17)9-15(8-11(2)3)12(16)10-19-14(4,5)6/h11H,7-10H2,1-6H3. The lowest BCUT2D eigenvalue weighted by Crippen LogP contribution is -2.42. The Morgan fingerprint density at radius 2 is 1.79 bits per heavy atom. The van der Waals surface area contributed by atoms with Crippen molar-refractivity contribution in [3.63, 3.8) is 0 Å². The van der Waals surface area contributed by atoms with Crippen molar-refractivity contribution in [3.8, 4) is 0 Å². The molecule has 0 saturated heterocycles. The molecule has 0 heterocycles. The third kappa shape index (κ3) is 9.47. The maximum absolute atomic E-state index is 12.1. The summed E-state index contributed by atoms with van der Waals surface area (Å²) in [6, 6.07) is 0. The van der Waals surface area contributed by atoms with E-state index < -0.39 is 0 Å². The molecule has 5 nitrogen and oxygen atoms in total. The van der Waals surface area contributed by atoms with E-state index in [0.717, 1.165) is 0 Å². The fourth-order valence-electron chi connectivity index (χ4n) is 1.43. The first kappa shape index (κ1) is 17.9. The van der Waals surface area contributed by atoms with Crippen molar-refractivity contribution in [2.45, 2.75) is 47.1 Å². The smallest absolute Gasteiger partial charge is 0.325 e. The summed E-state index contributed by atoms with van der Waals surface area (Å²) in [6.45, 7) is 12.2. The summed E-state index contributed by atoms with van der Waals surface area (Å²) in [5.41, 5.74) is -0.372. The van der Waals surface area contributed by atoms with Gasteiger partial charge in [0, 0.05) is 6.54 Å². The molecule has 0 N–H and O–H groups in total. The second kappa shape index (κ2) is 8.15. The largest absolute Gasteiger partial charge is 0.465 e. The zero-order chi connectivity index (χ0) is 15.1. The first-order chi connectivity index (χ1) is 8.65. The Balaban J connectivity index is 4.47. The number of carbonyl (C=O) groups is 2. The molecule has 0 rings (SSSR count). The molecule has 19 heavy (non-hydrogen) atoms. The van der Waals surface area contributed by atoms with Crippen LogP contribution in [-0.4, -0.2) is 48.7 Å². The van der Waals surface area contributed by atoms with E-state index >= 15 is 0 Å². The van der Waals surface area contributed by atoms with Crippen molar-refractivity contribution in [1.82, 2.24) is 4.90 Å². The molecule has 0 aliphatic carbocycles. The Morgan fingerprint density at radius 3 is 2.21 bits per heavy atom. The highest BCUT2D eigenvalue weighted by molar-refractivity contribution is 5.82. The number of hydrogen-bond acceptors (Lipinski definition) is 4. The monoisotopic (exact) mass is 273 g/mol. The van der Waals surface area contributed by atoms with Gasteiger partial charge in [-0.05, 0) is 33.6 Å². The third-order valence-electron chi connectivity index (χ3n) is 2.19. The lowest BCUT2D eigenvalue weighted by molar-refractivity contribution is -0.152. The van der Waals surface area contributed by atoms with Gasteiger partial charge >= 0.3 is 5.97 Å². The van der Waals surface area contributed by atoms with Crippen LogP contribution >= 0.6 is 0 Å². The van der Waals surface area contributed by atoms with Crippen molar-refractivity contribution in [2.75, 3.05) is 26.3 Å². The van der Waals surface area contributed by atoms with Crippen LogP contribution in [0.25, 0.3) is 0 Å². The van der Waals surface area contributed by atoms with Crippen LogP contribution in [0.15, 0.2) is 0 Å². The van der Waals surface area contributed by atoms with E-state index in [9.17, 15) is 9.59 Å². The van der Waals surface area contributed by atoms with E-state index in [2.05, 4.69) is 0 Å². The van der Waals surface area contributed by atoms with Crippen LogP contribution in [0.5, 0.6) is 0 Å². The Hall–Kier alpha value is -1.10. The highest BCUT2D eigenvalue weighted by atomic mass is 16.5. The predicted molar refractivity (Wildman–Crippen MR) is 73.8 cm³/mol. The summed E-state index contributed by atoms with van der Waals surface area (Å²) in [5.74, 6) is -0.281. The summed E-state index contributed by atoms with van der Waals surface area (Å²) in [7, 11) is 0. The van der Waals surface area contributed by atoms with Crippen LogP contribution in [0, 0.1) is 5.92 Å². The fraction of sp³-hybridized carbons (Fsp3) is 0.857. The minimum absolute atomic E-state index is 0.0155. The second-order valence-corrected chi connectivity index (χ2v) is 5.87. The maximum Gasteiger partial charge on any atom is 0.325 e. The van der Waals surface area contributed by atoms with Crippen LogP contribution in [0.4, 0.5) is 0 Å². The topological polar surface area (TPSA) is 55.8 Å². The third-order valence-corrected chi connectivity index (χ3v) is 2.19. The van der Waals surface area contributed by atoms with Gasteiger partial charge < -0.3 is 14.4 Å². The van der Waals surface area contributed by atoms with Crippen molar-refractivity contribution < 1.29 is 19.1 Å². The Morgan fingerprint density at radius 1 is 1.21 bits per heavy atom. The number of ether oxygens (including phenoxy) is 2. The molecule has 0 fully saturated rings. The van der Waals surface area contributed by atoms with Crippen molar-refractivity contribution in [1.29, 1.82) is 0 Å². The van der Waals surface area contributed by atoms with Gasteiger partial charge in [-0.1, -0.05) is 13.8 Å². The zero-order valence-corrected chi connectivity index (χ0v) is 13.0. The minimum Gasteiger partial charge on any atom is -0.465 e. The maximum atomic E-state index is 12.1. The van der Waals surface area contributed by atoms with Gasteiger partial charge in [-0.3, -0.25) is 9.59 Å². The van der Waals surface area contributed by atoms with Crippen LogP contribution < -0.4 is 0 Å². The highest BCUT2D eigenvalue weighted by Gasteiger charge is 2.21. The molecule has 0 aromatic carbocycles. The fourth-order valence-corrected chi connectivity index (χ4v) is 1.43. The molecule has 0 unspecified atom stereocenters. The number of esters is 1. The van der Waals surface area contributed by atoms with Crippen molar-refractivity contribution >= 4 is 11.9 Å². The SMILES string of the molecule is CCOC(=O)CN(CC(C)C)C(=O)COC(C)(C)C. The molecule has 0 aliphatic rings. The van der Waals surface area contributed by atoms with Crippen LogP contribution in [0.3, 0.4) is 0 Å². The summed E-state index contributed by atoms with van der Waals surface area (Å²) >= 11 is 0. The van der Waals surface area contributed by atoms with E-state index in [4.69, 9.17) is 9.47 Å². The quantitative estimate of drug-likeness (QED) is 0.664. The first-order valence-corrected chi connectivity index (χ1v) is 6.73. The average Bonchev–Trinajstić information content (AvgIpc) is 2.23. The van der Waals surface area contributed by atoms with E-state index in [1.54, 1.807) is 6.92 Å². The van der Waals surface area contributed by atoms with Crippen LogP contribution in [0.2, 0.25) is 0 Å². The molecule has 0 aromatic heterocycles. The van der Waals surface area contributed by atoms with Gasteiger partial charge in [0.1, 0.15) is 13.2 Å². The molecule has 0 saturated carbocycles. The molecule has 0 bridgehead atoms. The van der Waals surface area contributed by atoms with Crippen LogP contribution in [0.1, 0.15) is 41.5 Å². The number of hydrogen-bond donors (Lipinski definition) is 0. The highest BCUT2D eigenvalue weighted by Crippen LogP contribution is 2.08. The summed E-state index contributed by atoms with van der Waals surface area (Å²) < 4.78 is 10.3. The average molecular weight is 273 g/mol. The van der Waals surface area contributed by atoms with Crippen molar-refractivity contribution in [2.24, 2.45) is 5.92 Å². The van der Waals surface area contributed by atoms with Gasteiger partial charge in [0.2, 0.25) is 5.91 Å². The minimum atomic E-state index is -0.382. The first-order valence-electron chi connectivity index (χ1n) is 6.73. The lowest BCUT2D eigenvalue weighted by Gasteiger charge is -2.26. The number of nitrogens with zero attached hydrogens (tertiary/aromatic N) is 1. The molecule has 112 valence electrons. The van der Waals surface area contributed by atoms with Gasteiger partial charge in [-0.25, -0.2) is 0 Å². The Bertz CT molecular complexity index is 294. The number of amides is 1. The van der Waals surface area contributed by atoms with E-state index in [1.807, 2.05) is 34.6 Å². The van der Waals surface area contributed by atoms with Gasteiger partial charge in [-0.15, -0.1) is 0 Å². The van der Waals surface area contributed by atoms with Crippen molar-refractivity contribution in [3.05, 3.63) is 0 Å².